The predicted molar refractivity (Wildman–Crippen MR) is 74.0 cm³/mol. The SMILES string of the molecule is CN1CCCC1c1ccnc(C(=O)N2CCCC2)c1. The van der Waals surface area contributed by atoms with Crippen molar-refractivity contribution in [3.05, 3.63) is 29.6 Å². The summed E-state index contributed by atoms with van der Waals surface area (Å²) >= 11 is 0. The molecule has 1 unspecified atom stereocenters. The maximum atomic E-state index is 12.3. The molecule has 0 radical (unpaired) electrons. The van der Waals surface area contributed by atoms with E-state index in [0.29, 0.717) is 11.7 Å². The van der Waals surface area contributed by atoms with Crippen molar-refractivity contribution in [2.24, 2.45) is 0 Å². The van der Waals surface area contributed by atoms with E-state index in [9.17, 15) is 4.79 Å². The zero-order chi connectivity index (χ0) is 13.2. The summed E-state index contributed by atoms with van der Waals surface area (Å²) in [6.45, 7) is 2.91. The Morgan fingerprint density at radius 2 is 2.05 bits per heavy atom. The molecule has 102 valence electrons. The summed E-state index contributed by atoms with van der Waals surface area (Å²) < 4.78 is 0. The van der Waals surface area contributed by atoms with Gasteiger partial charge in [0.1, 0.15) is 5.69 Å². The highest BCUT2D eigenvalue weighted by molar-refractivity contribution is 5.92. The summed E-state index contributed by atoms with van der Waals surface area (Å²) in [5.74, 6) is 0.0972. The molecule has 4 heteroatoms. The summed E-state index contributed by atoms with van der Waals surface area (Å²) in [5, 5.41) is 0. The minimum absolute atomic E-state index is 0.0972. The third-order valence-electron chi connectivity index (χ3n) is 4.30. The van der Waals surface area contributed by atoms with Gasteiger partial charge in [0.25, 0.3) is 5.91 Å². The number of carbonyl (C=O) groups excluding carboxylic acids is 1. The molecule has 0 aromatic carbocycles. The first-order valence-electron chi connectivity index (χ1n) is 7.21. The number of pyridine rings is 1. The van der Waals surface area contributed by atoms with Crippen molar-refractivity contribution >= 4 is 5.91 Å². The van der Waals surface area contributed by atoms with Crippen molar-refractivity contribution in [1.82, 2.24) is 14.8 Å². The highest BCUT2D eigenvalue weighted by atomic mass is 16.2. The highest BCUT2D eigenvalue weighted by Gasteiger charge is 2.25. The Bertz CT molecular complexity index is 468. The first kappa shape index (κ1) is 12.6. The number of carbonyl (C=O) groups is 1. The fourth-order valence-corrected chi connectivity index (χ4v) is 3.18. The summed E-state index contributed by atoms with van der Waals surface area (Å²) in [6.07, 6.45) is 6.44. The fraction of sp³-hybridized carbons (Fsp3) is 0.600. The molecule has 3 heterocycles. The molecule has 3 rings (SSSR count). The molecule has 4 nitrogen and oxygen atoms in total. The predicted octanol–water partition coefficient (Wildman–Crippen LogP) is 2.08. The maximum absolute atomic E-state index is 12.3. The molecular formula is C15H21N3O. The van der Waals surface area contributed by atoms with E-state index in [1.54, 1.807) is 6.20 Å². The Balaban J connectivity index is 1.81. The summed E-state index contributed by atoms with van der Waals surface area (Å²) in [6, 6.07) is 4.49. The van der Waals surface area contributed by atoms with Gasteiger partial charge in [-0.3, -0.25) is 14.7 Å². The van der Waals surface area contributed by atoms with Gasteiger partial charge in [-0.25, -0.2) is 0 Å². The van der Waals surface area contributed by atoms with Gasteiger partial charge in [0, 0.05) is 25.3 Å². The second-order valence-corrected chi connectivity index (χ2v) is 5.61. The van der Waals surface area contributed by atoms with Crippen LogP contribution in [0.1, 0.15) is 47.8 Å². The van der Waals surface area contributed by atoms with E-state index in [2.05, 4.69) is 16.9 Å². The van der Waals surface area contributed by atoms with Crippen LogP contribution < -0.4 is 0 Å². The maximum Gasteiger partial charge on any atom is 0.272 e. The molecule has 0 aliphatic carbocycles. The fourth-order valence-electron chi connectivity index (χ4n) is 3.18. The van der Waals surface area contributed by atoms with E-state index in [0.717, 1.165) is 32.5 Å². The van der Waals surface area contributed by atoms with Crippen LogP contribution in [0.3, 0.4) is 0 Å². The van der Waals surface area contributed by atoms with Gasteiger partial charge in [-0.05, 0) is 57.0 Å². The van der Waals surface area contributed by atoms with Crippen molar-refractivity contribution < 1.29 is 4.79 Å². The first-order chi connectivity index (χ1) is 9.25. The molecular weight excluding hydrogens is 238 g/mol. The van der Waals surface area contributed by atoms with E-state index < -0.39 is 0 Å². The monoisotopic (exact) mass is 259 g/mol. The Morgan fingerprint density at radius 1 is 1.26 bits per heavy atom. The van der Waals surface area contributed by atoms with Crippen LogP contribution in [0.4, 0.5) is 0 Å². The van der Waals surface area contributed by atoms with Crippen molar-refractivity contribution in [2.75, 3.05) is 26.7 Å². The largest absolute Gasteiger partial charge is 0.337 e. The molecule has 0 N–H and O–H groups in total. The van der Waals surface area contributed by atoms with E-state index >= 15 is 0 Å². The lowest BCUT2D eigenvalue weighted by Crippen LogP contribution is -2.28. The molecule has 1 atom stereocenters. The quantitative estimate of drug-likeness (QED) is 0.816. The number of likely N-dealkylation sites (tertiary alicyclic amines) is 2. The first-order valence-corrected chi connectivity index (χ1v) is 7.21. The number of aromatic nitrogens is 1. The molecule has 1 aromatic heterocycles. The van der Waals surface area contributed by atoms with Crippen LogP contribution in [-0.4, -0.2) is 47.4 Å². The Kier molecular flexibility index (Phi) is 3.51. The number of hydrogen-bond acceptors (Lipinski definition) is 3. The van der Waals surface area contributed by atoms with Gasteiger partial charge in [-0.15, -0.1) is 0 Å². The van der Waals surface area contributed by atoms with Gasteiger partial charge in [-0.1, -0.05) is 0 Å². The average Bonchev–Trinajstić information content (AvgIpc) is 3.09. The molecule has 2 fully saturated rings. The van der Waals surface area contributed by atoms with E-state index in [1.807, 2.05) is 17.0 Å². The molecule has 2 aliphatic heterocycles. The lowest BCUT2D eigenvalue weighted by Gasteiger charge is -2.21. The minimum Gasteiger partial charge on any atom is -0.337 e. The number of amides is 1. The number of hydrogen-bond donors (Lipinski definition) is 0. The average molecular weight is 259 g/mol. The van der Waals surface area contributed by atoms with Gasteiger partial charge in [0.2, 0.25) is 0 Å². The number of nitrogens with zero attached hydrogens (tertiary/aromatic N) is 3. The lowest BCUT2D eigenvalue weighted by atomic mass is 10.0. The van der Waals surface area contributed by atoms with Crippen LogP contribution in [0.5, 0.6) is 0 Å². The van der Waals surface area contributed by atoms with Crippen molar-refractivity contribution in [1.29, 1.82) is 0 Å². The zero-order valence-corrected chi connectivity index (χ0v) is 11.5. The van der Waals surface area contributed by atoms with Gasteiger partial charge >= 0.3 is 0 Å². The summed E-state index contributed by atoms with van der Waals surface area (Å²) in [4.78, 5) is 20.9. The van der Waals surface area contributed by atoms with Gasteiger partial charge in [-0.2, -0.15) is 0 Å². The van der Waals surface area contributed by atoms with Crippen LogP contribution in [0.15, 0.2) is 18.3 Å². The summed E-state index contributed by atoms with van der Waals surface area (Å²) in [5.41, 5.74) is 1.84. The second-order valence-electron chi connectivity index (χ2n) is 5.61. The molecule has 0 saturated carbocycles. The summed E-state index contributed by atoms with van der Waals surface area (Å²) in [7, 11) is 2.15. The molecule has 1 amide bonds. The Labute approximate surface area is 114 Å². The topological polar surface area (TPSA) is 36.4 Å². The minimum atomic E-state index is 0.0972. The second kappa shape index (κ2) is 5.29. The van der Waals surface area contributed by atoms with E-state index in [-0.39, 0.29) is 5.91 Å². The number of rotatable bonds is 2. The molecule has 1 aromatic rings. The zero-order valence-electron chi connectivity index (χ0n) is 11.5. The standard InChI is InChI=1S/C15H21N3O/c1-17-8-4-5-14(17)12-6-7-16-13(11-12)15(19)18-9-2-3-10-18/h6-7,11,14H,2-5,8-10H2,1H3. The smallest absolute Gasteiger partial charge is 0.272 e. The van der Waals surface area contributed by atoms with E-state index in [1.165, 1.54) is 18.4 Å². The van der Waals surface area contributed by atoms with Gasteiger partial charge in [0.05, 0.1) is 0 Å². The third-order valence-corrected chi connectivity index (χ3v) is 4.30. The normalized spacial score (nSPS) is 24.1. The lowest BCUT2D eigenvalue weighted by molar-refractivity contribution is 0.0787. The molecule has 0 spiro atoms. The molecule has 19 heavy (non-hydrogen) atoms. The van der Waals surface area contributed by atoms with Crippen LogP contribution in [0.25, 0.3) is 0 Å². The molecule has 0 bridgehead atoms. The van der Waals surface area contributed by atoms with Gasteiger partial charge in [0.15, 0.2) is 0 Å². The Hall–Kier alpha value is -1.42. The van der Waals surface area contributed by atoms with Crippen LogP contribution in [-0.2, 0) is 0 Å². The van der Waals surface area contributed by atoms with Crippen LogP contribution in [0.2, 0.25) is 0 Å². The molecule has 2 aliphatic rings. The molecule has 2 saturated heterocycles. The van der Waals surface area contributed by atoms with E-state index in [4.69, 9.17) is 0 Å². The van der Waals surface area contributed by atoms with Crippen molar-refractivity contribution in [3.63, 3.8) is 0 Å². The Morgan fingerprint density at radius 3 is 2.74 bits per heavy atom. The highest BCUT2D eigenvalue weighted by Crippen LogP contribution is 2.30. The third kappa shape index (κ3) is 2.50. The van der Waals surface area contributed by atoms with Crippen molar-refractivity contribution in [2.45, 2.75) is 31.7 Å². The van der Waals surface area contributed by atoms with Gasteiger partial charge < -0.3 is 4.90 Å². The van der Waals surface area contributed by atoms with Crippen LogP contribution >= 0.6 is 0 Å². The van der Waals surface area contributed by atoms with Crippen LogP contribution in [0, 0.1) is 0 Å². The van der Waals surface area contributed by atoms with Crippen molar-refractivity contribution in [3.8, 4) is 0 Å².